The van der Waals surface area contributed by atoms with Crippen molar-refractivity contribution in [3.8, 4) is 0 Å². The van der Waals surface area contributed by atoms with Gasteiger partial charge in [0.2, 0.25) is 5.91 Å². The van der Waals surface area contributed by atoms with E-state index >= 15 is 0 Å². The first-order valence-electron chi connectivity index (χ1n) is 10.2. The number of carbonyl (C=O) groups excluding carboxylic acids is 1. The molecule has 0 bridgehead atoms. The van der Waals surface area contributed by atoms with Crippen molar-refractivity contribution in [2.24, 2.45) is 0 Å². The van der Waals surface area contributed by atoms with Crippen LogP contribution in [0.4, 0.5) is 5.69 Å². The molecule has 1 aliphatic heterocycles. The van der Waals surface area contributed by atoms with Crippen molar-refractivity contribution in [2.75, 3.05) is 18.0 Å². The summed E-state index contributed by atoms with van der Waals surface area (Å²) < 4.78 is 0. The number of likely N-dealkylation sites (tertiary alicyclic amines) is 1. The molecule has 1 amide bonds. The van der Waals surface area contributed by atoms with Crippen molar-refractivity contribution >= 4 is 11.6 Å². The van der Waals surface area contributed by atoms with Crippen LogP contribution in [0.15, 0.2) is 42.5 Å². The summed E-state index contributed by atoms with van der Waals surface area (Å²) in [5.74, 6) is 0.242. The Bertz CT molecular complexity index is 753. The van der Waals surface area contributed by atoms with Crippen molar-refractivity contribution < 1.29 is 4.79 Å². The van der Waals surface area contributed by atoms with Gasteiger partial charge in [-0.2, -0.15) is 0 Å². The maximum atomic E-state index is 12.9. The molecule has 0 aliphatic carbocycles. The Hall–Kier alpha value is -2.13. The topological polar surface area (TPSA) is 23.6 Å². The van der Waals surface area contributed by atoms with E-state index in [1.54, 1.807) is 0 Å². The highest BCUT2D eigenvalue weighted by Crippen LogP contribution is 2.32. The van der Waals surface area contributed by atoms with Gasteiger partial charge in [-0.25, -0.2) is 0 Å². The molecule has 144 valence electrons. The number of rotatable bonds is 5. The Morgan fingerprint density at radius 1 is 1.04 bits per heavy atom. The summed E-state index contributed by atoms with van der Waals surface area (Å²) in [6.45, 7) is 11.4. The lowest BCUT2D eigenvalue weighted by Crippen LogP contribution is -2.47. The van der Waals surface area contributed by atoms with Gasteiger partial charge in [-0.1, -0.05) is 55.0 Å². The van der Waals surface area contributed by atoms with Gasteiger partial charge in [0.05, 0.1) is 0 Å². The predicted molar refractivity (Wildman–Crippen MR) is 113 cm³/mol. The molecule has 1 saturated heterocycles. The van der Waals surface area contributed by atoms with E-state index in [1.165, 1.54) is 22.3 Å². The summed E-state index contributed by atoms with van der Waals surface area (Å²) in [7, 11) is 0. The van der Waals surface area contributed by atoms with Crippen LogP contribution in [0.3, 0.4) is 0 Å². The second-order valence-electron chi connectivity index (χ2n) is 7.86. The molecule has 0 unspecified atom stereocenters. The van der Waals surface area contributed by atoms with Crippen molar-refractivity contribution in [3.63, 3.8) is 0 Å². The van der Waals surface area contributed by atoms with E-state index in [9.17, 15) is 4.79 Å². The number of aryl methyl sites for hydroxylation is 3. The molecule has 3 heteroatoms. The molecule has 0 saturated carbocycles. The van der Waals surface area contributed by atoms with Crippen molar-refractivity contribution in [1.82, 2.24) is 4.90 Å². The van der Waals surface area contributed by atoms with Crippen LogP contribution in [-0.2, 0) is 11.3 Å². The number of anilines is 1. The maximum Gasteiger partial charge on any atom is 0.226 e. The summed E-state index contributed by atoms with van der Waals surface area (Å²) in [6, 6.07) is 15.3. The quantitative estimate of drug-likeness (QED) is 0.744. The number of amides is 1. The lowest BCUT2D eigenvalue weighted by Gasteiger charge is -2.40. The summed E-state index contributed by atoms with van der Waals surface area (Å²) in [5, 5.41) is 0. The van der Waals surface area contributed by atoms with Gasteiger partial charge in [-0.3, -0.25) is 9.69 Å². The number of hydrogen-bond donors (Lipinski definition) is 0. The Labute approximate surface area is 164 Å². The van der Waals surface area contributed by atoms with Crippen LogP contribution in [0.2, 0.25) is 0 Å². The van der Waals surface area contributed by atoms with Gasteiger partial charge in [0, 0.05) is 37.8 Å². The van der Waals surface area contributed by atoms with Crippen LogP contribution in [0.25, 0.3) is 0 Å². The van der Waals surface area contributed by atoms with E-state index in [0.29, 0.717) is 12.5 Å². The monoisotopic (exact) mass is 364 g/mol. The molecule has 2 aromatic rings. The zero-order valence-corrected chi connectivity index (χ0v) is 17.2. The van der Waals surface area contributed by atoms with Crippen molar-refractivity contribution in [3.05, 3.63) is 64.7 Å². The van der Waals surface area contributed by atoms with E-state index in [2.05, 4.69) is 73.0 Å². The molecule has 2 aromatic carbocycles. The van der Waals surface area contributed by atoms with Crippen LogP contribution in [0.1, 0.15) is 48.4 Å². The van der Waals surface area contributed by atoms with Gasteiger partial charge >= 0.3 is 0 Å². The molecular formula is C24H32N2O. The minimum absolute atomic E-state index is 0.242. The lowest BCUT2D eigenvalue weighted by atomic mass is 9.97. The third-order valence-electron chi connectivity index (χ3n) is 5.62. The van der Waals surface area contributed by atoms with E-state index in [4.69, 9.17) is 0 Å². The number of hydrogen-bond acceptors (Lipinski definition) is 2. The standard InChI is InChI=1S/C24H32N2O/c1-5-23(27)26(24-19(3)15-18(2)16-20(24)4)22-11-13-25(14-12-22)17-21-9-7-6-8-10-21/h6-10,15-16,22H,5,11-14,17H2,1-4H3. The second-order valence-corrected chi connectivity index (χ2v) is 7.86. The number of piperidine rings is 1. The smallest absolute Gasteiger partial charge is 0.226 e. The number of benzene rings is 2. The highest BCUT2D eigenvalue weighted by molar-refractivity contribution is 5.95. The summed E-state index contributed by atoms with van der Waals surface area (Å²) in [5.41, 5.74) is 6.17. The highest BCUT2D eigenvalue weighted by Gasteiger charge is 2.30. The fourth-order valence-corrected chi connectivity index (χ4v) is 4.41. The Morgan fingerprint density at radius 2 is 1.63 bits per heavy atom. The van der Waals surface area contributed by atoms with Gasteiger partial charge in [-0.15, -0.1) is 0 Å². The van der Waals surface area contributed by atoms with Crippen LogP contribution in [-0.4, -0.2) is 29.9 Å². The average Bonchev–Trinajstić information content (AvgIpc) is 2.65. The van der Waals surface area contributed by atoms with E-state index in [0.717, 1.165) is 38.2 Å². The van der Waals surface area contributed by atoms with Crippen molar-refractivity contribution in [1.29, 1.82) is 0 Å². The fourth-order valence-electron chi connectivity index (χ4n) is 4.41. The second kappa shape index (κ2) is 8.71. The zero-order chi connectivity index (χ0) is 19.4. The molecule has 0 aromatic heterocycles. The Kier molecular flexibility index (Phi) is 6.33. The molecule has 0 atom stereocenters. The SMILES string of the molecule is CCC(=O)N(c1c(C)cc(C)cc1C)C1CCN(Cc2ccccc2)CC1. The molecule has 3 nitrogen and oxygen atoms in total. The minimum Gasteiger partial charge on any atom is -0.309 e. The summed E-state index contributed by atoms with van der Waals surface area (Å²) in [6.07, 6.45) is 2.62. The Balaban J connectivity index is 1.75. The molecule has 1 aliphatic rings. The first-order valence-corrected chi connectivity index (χ1v) is 10.2. The van der Waals surface area contributed by atoms with Gasteiger partial charge in [0.1, 0.15) is 0 Å². The summed E-state index contributed by atoms with van der Waals surface area (Å²) >= 11 is 0. The number of carbonyl (C=O) groups is 1. The third kappa shape index (κ3) is 4.59. The third-order valence-corrected chi connectivity index (χ3v) is 5.62. The van der Waals surface area contributed by atoms with Crippen LogP contribution in [0.5, 0.6) is 0 Å². The molecule has 0 spiro atoms. The molecule has 1 heterocycles. The summed E-state index contributed by atoms with van der Waals surface area (Å²) in [4.78, 5) is 17.5. The zero-order valence-electron chi connectivity index (χ0n) is 17.2. The Morgan fingerprint density at radius 3 is 2.19 bits per heavy atom. The first-order chi connectivity index (χ1) is 13.0. The first kappa shape index (κ1) is 19.6. The van der Waals surface area contributed by atoms with Gasteiger partial charge in [0.15, 0.2) is 0 Å². The van der Waals surface area contributed by atoms with Crippen LogP contribution in [0, 0.1) is 20.8 Å². The van der Waals surface area contributed by atoms with Crippen molar-refractivity contribution in [2.45, 2.75) is 59.5 Å². The van der Waals surface area contributed by atoms with Gasteiger partial charge < -0.3 is 4.90 Å². The average molecular weight is 365 g/mol. The largest absolute Gasteiger partial charge is 0.309 e. The van der Waals surface area contributed by atoms with Gasteiger partial charge in [-0.05, 0) is 50.3 Å². The van der Waals surface area contributed by atoms with E-state index < -0.39 is 0 Å². The van der Waals surface area contributed by atoms with Gasteiger partial charge in [0.25, 0.3) is 0 Å². The molecule has 0 N–H and O–H groups in total. The van der Waals surface area contributed by atoms with E-state index in [-0.39, 0.29) is 5.91 Å². The molecule has 27 heavy (non-hydrogen) atoms. The van der Waals surface area contributed by atoms with E-state index in [1.807, 2.05) is 6.92 Å². The van der Waals surface area contributed by atoms with Crippen LogP contribution >= 0.6 is 0 Å². The predicted octanol–water partition coefficient (Wildman–Crippen LogP) is 5.02. The highest BCUT2D eigenvalue weighted by atomic mass is 16.2. The maximum absolute atomic E-state index is 12.9. The number of nitrogens with zero attached hydrogens (tertiary/aromatic N) is 2. The van der Waals surface area contributed by atoms with Crippen LogP contribution < -0.4 is 4.90 Å². The molecular weight excluding hydrogens is 332 g/mol. The normalized spacial score (nSPS) is 15.7. The lowest BCUT2D eigenvalue weighted by molar-refractivity contribution is -0.119. The fraction of sp³-hybridized carbons (Fsp3) is 0.458. The minimum atomic E-state index is 0.242. The molecule has 0 radical (unpaired) electrons. The molecule has 1 fully saturated rings. The molecule has 3 rings (SSSR count).